The summed E-state index contributed by atoms with van der Waals surface area (Å²) in [4.78, 5) is 0. The normalized spacial score (nSPS) is 26.6. The van der Waals surface area contributed by atoms with E-state index in [1.165, 1.54) is 5.56 Å². The number of benzene rings is 1. The molecular formula is C11H16N2O. The van der Waals surface area contributed by atoms with Crippen molar-refractivity contribution in [1.29, 1.82) is 0 Å². The molecule has 0 bridgehead atoms. The molecule has 14 heavy (non-hydrogen) atoms. The van der Waals surface area contributed by atoms with E-state index in [0.717, 1.165) is 18.5 Å². The maximum atomic E-state index is 5.77. The Hall–Kier alpha value is -1.06. The molecule has 3 heteroatoms. The maximum absolute atomic E-state index is 5.77. The smallest absolute Gasteiger partial charge is 0.0831 e. The summed E-state index contributed by atoms with van der Waals surface area (Å²) in [5, 5.41) is 0. The minimum atomic E-state index is 0.187. The first kappa shape index (κ1) is 9.49. The molecule has 1 aromatic rings. The number of nitrogens with two attached hydrogens (primary N) is 2. The van der Waals surface area contributed by atoms with Crippen LogP contribution >= 0.6 is 0 Å². The molecular weight excluding hydrogens is 176 g/mol. The molecule has 1 fully saturated rings. The van der Waals surface area contributed by atoms with Gasteiger partial charge in [0.2, 0.25) is 0 Å². The monoisotopic (exact) mass is 192 g/mol. The summed E-state index contributed by atoms with van der Waals surface area (Å²) in [6.07, 6.45) is 2.51. The molecule has 2 rings (SSSR count). The van der Waals surface area contributed by atoms with Gasteiger partial charge in [0.1, 0.15) is 0 Å². The first-order valence-corrected chi connectivity index (χ1v) is 5.00. The standard InChI is InChI=1S/C11H16N2O/c12-7-10-4-5-11(14-10)8-2-1-3-9(13)6-8/h1-3,6,10-11H,4-5,7,12-13H2/t10-,11+/m1/s1. The lowest BCUT2D eigenvalue weighted by molar-refractivity contribution is 0.0499. The molecule has 4 N–H and O–H groups in total. The van der Waals surface area contributed by atoms with Crippen molar-refractivity contribution in [2.75, 3.05) is 12.3 Å². The lowest BCUT2D eigenvalue weighted by Crippen LogP contribution is -2.18. The molecule has 76 valence electrons. The molecule has 1 saturated heterocycles. The van der Waals surface area contributed by atoms with Gasteiger partial charge in [0.15, 0.2) is 0 Å². The minimum absolute atomic E-state index is 0.187. The molecule has 1 aliphatic heterocycles. The van der Waals surface area contributed by atoms with E-state index >= 15 is 0 Å². The maximum Gasteiger partial charge on any atom is 0.0831 e. The molecule has 0 saturated carbocycles. The van der Waals surface area contributed by atoms with Crippen molar-refractivity contribution >= 4 is 5.69 Å². The van der Waals surface area contributed by atoms with E-state index in [1.54, 1.807) is 0 Å². The number of rotatable bonds is 2. The van der Waals surface area contributed by atoms with Gasteiger partial charge in [-0.05, 0) is 30.5 Å². The summed E-state index contributed by atoms with van der Waals surface area (Å²) in [7, 11) is 0. The number of hydrogen-bond acceptors (Lipinski definition) is 3. The van der Waals surface area contributed by atoms with Crippen LogP contribution in [0.15, 0.2) is 24.3 Å². The summed E-state index contributed by atoms with van der Waals surface area (Å²) >= 11 is 0. The fraction of sp³-hybridized carbons (Fsp3) is 0.455. The lowest BCUT2D eigenvalue weighted by Gasteiger charge is -2.12. The molecule has 2 atom stereocenters. The number of ether oxygens (including phenoxy) is 1. The minimum Gasteiger partial charge on any atom is -0.399 e. The molecule has 0 amide bonds. The average molecular weight is 192 g/mol. The van der Waals surface area contributed by atoms with Gasteiger partial charge < -0.3 is 16.2 Å². The van der Waals surface area contributed by atoms with E-state index in [0.29, 0.717) is 6.54 Å². The van der Waals surface area contributed by atoms with Crippen LogP contribution in [0, 0.1) is 0 Å². The van der Waals surface area contributed by atoms with Crippen LogP contribution in [0.5, 0.6) is 0 Å². The van der Waals surface area contributed by atoms with Gasteiger partial charge in [-0.25, -0.2) is 0 Å². The Balaban J connectivity index is 2.09. The first-order valence-electron chi connectivity index (χ1n) is 5.00. The van der Waals surface area contributed by atoms with Crippen molar-refractivity contribution in [3.63, 3.8) is 0 Å². The molecule has 1 aliphatic rings. The summed E-state index contributed by atoms with van der Waals surface area (Å²) in [5.74, 6) is 0. The second kappa shape index (κ2) is 3.98. The largest absolute Gasteiger partial charge is 0.399 e. The average Bonchev–Trinajstić information content (AvgIpc) is 2.66. The summed E-state index contributed by atoms with van der Waals surface area (Å²) in [5.41, 5.74) is 13.2. The Kier molecular flexibility index (Phi) is 2.70. The van der Waals surface area contributed by atoms with Gasteiger partial charge in [0.25, 0.3) is 0 Å². The molecule has 0 radical (unpaired) electrons. The van der Waals surface area contributed by atoms with Crippen molar-refractivity contribution in [3.05, 3.63) is 29.8 Å². The molecule has 3 nitrogen and oxygen atoms in total. The third kappa shape index (κ3) is 1.89. The van der Waals surface area contributed by atoms with Crippen LogP contribution in [0.1, 0.15) is 24.5 Å². The molecule has 1 aromatic carbocycles. The van der Waals surface area contributed by atoms with Gasteiger partial charge in [0.05, 0.1) is 12.2 Å². The SMILES string of the molecule is NC[C@H]1CC[C@@H](c2cccc(N)c2)O1. The predicted molar refractivity (Wildman–Crippen MR) is 56.8 cm³/mol. The van der Waals surface area contributed by atoms with Gasteiger partial charge in [-0.15, -0.1) is 0 Å². The quantitative estimate of drug-likeness (QED) is 0.697. The van der Waals surface area contributed by atoms with Crippen LogP contribution in [-0.4, -0.2) is 12.6 Å². The zero-order valence-corrected chi connectivity index (χ0v) is 8.15. The third-order valence-electron chi connectivity index (χ3n) is 2.65. The van der Waals surface area contributed by atoms with Crippen LogP contribution in [-0.2, 0) is 4.74 Å². The van der Waals surface area contributed by atoms with Crippen LogP contribution in [0.25, 0.3) is 0 Å². The fourth-order valence-corrected chi connectivity index (χ4v) is 1.88. The topological polar surface area (TPSA) is 61.3 Å². The molecule has 1 heterocycles. The Morgan fingerprint density at radius 1 is 1.36 bits per heavy atom. The second-order valence-corrected chi connectivity index (χ2v) is 3.73. The summed E-state index contributed by atoms with van der Waals surface area (Å²) in [6, 6.07) is 7.88. The van der Waals surface area contributed by atoms with Crippen molar-refractivity contribution in [2.45, 2.75) is 25.0 Å². The van der Waals surface area contributed by atoms with Crippen molar-refractivity contribution in [3.8, 4) is 0 Å². The molecule has 0 aromatic heterocycles. The Morgan fingerprint density at radius 2 is 2.21 bits per heavy atom. The van der Waals surface area contributed by atoms with Gasteiger partial charge in [-0.1, -0.05) is 12.1 Å². The zero-order chi connectivity index (χ0) is 9.97. The Morgan fingerprint density at radius 3 is 2.86 bits per heavy atom. The van der Waals surface area contributed by atoms with Gasteiger partial charge in [-0.2, -0.15) is 0 Å². The van der Waals surface area contributed by atoms with E-state index in [1.807, 2.05) is 18.2 Å². The highest BCUT2D eigenvalue weighted by atomic mass is 16.5. The second-order valence-electron chi connectivity index (χ2n) is 3.73. The fourth-order valence-electron chi connectivity index (χ4n) is 1.88. The highest BCUT2D eigenvalue weighted by Gasteiger charge is 2.25. The predicted octanol–water partition coefficient (Wildman–Crippen LogP) is 1.45. The number of nitrogen functional groups attached to an aromatic ring is 1. The van der Waals surface area contributed by atoms with E-state index in [9.17, 15) is 0 Å². The molecule has 0 aliphatic carbocycles. The van der Waals surface area contributed by atoms with E-state index < -0.39 is 0 Å². The van der Waals surface area contributed by atoms with Crippen LogP contribution < -0.4 is 11.5 Å². The number of anilines is 1. The zero-order valence-electron chi connectivity index (χ0n) is 8.15. The van der Waals surface area contributed by atoms with Gasteiger partial charge in [-0.3, -0.25) is 0 Å². The summed E-state index contributed by atoms with van der Waals surface area (Å²) in [6.45, 7) is 0.610. The number of hydrogen-bond donors (Lipinski definition) is 2. The molecule has 0 unspecified atom stereocenters. The van der Waals surface area contributed by atoms with Crippen LogP contribution in [0.4, 0.5) is 5.69 Å². The highest BCUT2D eigenvalue weighted by molar-refractivity contribution is 5.41. The van der Waals surface area contributed by atoms with Gasteiger partial charge >= 0.3 is 0 Å². The van der Waals surface area contributed by atoms with Crippen LogP contribution in [0.3, 0.4) is 0 Å². The highest BCUT2D eigenvalue weighted by Crippen LogP contribution is 2.32. The van der Waals surface area contributed by atoms with Crippen molar-refractivity contribution < 1.29 is 4.74 Å². The first-order chi connectivity index (χ1) is 6.79. The lowest BCUT2D eigenvalue weighted by atomic mass is 10.1. The van der Waals surface area contributed by atoms with E-state index in [-0.39, 0.29) is 12.2 Å². The third-order valence-corrected chi connectivity index (χ3v) is 2.65. The van der Waals surface area contributed by atoms with E-state index in [4.69, 9.17) is 16.2 Å². The van der Waals surface area contributed by atoms with Crippen molar-refractivity contribution in [2.24, 2.45) is 5.73 Å². The Labute approximate surface area is 84.0 Å². The van der Waals surface area contributed by atoms with Crippen LogP contribution in [0.2, 0.25) is 0 Å². The van der Waals surface area contributed by atoms with E-state index in [2.05, 4.69) is 6.07 Å². The molecule has 0 spiro atoms. The summed E-state index contributed by atoms with van der Waals surface area (Å²) < 4.78 is 5.77. The van der Waals surface area contributed by atoms with Gasteiger partial charge in [0, 0.05) is 12.2 Å². The van der Waals surface area contributed by atoms with Crippen molar-refractivity contribution in [1.82, 2.24) is 0 Å². The Bertz CT molecular complexity index is 314.